The highest BCUT2D eigenvalue weighted by Crippen LogP contribution is 2.29. The second-order valence-corrected chi connectivity index (χ2v) is 5.45. The fourth-order valence-electron chi connectivity index (χ4n) is 1.87. The van der Waals surface area contributed by atoms with Crippen LogP contribution in [-0.2, 0) is 5.41 Å². The van der Waals surface area contributed by atoms with E-state index in [1.165, 1.54) is 0 Å². The predicted molar refractivity (Wildman–Crippen MR) is 72.1 cm³/mol. The molecule has 0 saturated carbocycles. The monoisotopic (exact) mass is 259 g/mol. The van der Waals surface area contributed by atoms with E-state index >= 15 is 0 Å². The van der Waals surface area contributed by atoms with Gasteiger partial charge in [0, 0.05) is 5.69 Å². The van der Waals surface area contributed by atoms with Gasteiger partial charge in [-0.1, -0.05) is 44.1 Å². The van der Waals surface area contributed by atoms with E-state index in [4.69, 9.17) is 0 Å². The number of carbonyl (C=O) groups is 1. The van der Waals surface area contributed by atoms with Crippen molar-refractivity contribution >= 4 is 11.6 Å². The first-order chi connectivity index (χ1) is 8.89. The van der Waals surface area contributed by atoms with Gasteiger partial charge in [-0.3, -0.25) is 4.79 Å². The van der Waals surface area contributed by atoms with Gasteiger partial charge in [0.15, 0.2) is 5.69 Å². The largest absolute Gasteiger partial charge is 0.320 e. The van der Waals surface area contributed by atoms with E-state index < -0.39 is 0 Å². The van der Waals surface area contributed by atoms with E-state index in [2.05, 4.69) is 41.0 Å². The van der Waals surface area contributed by atoms with Gasteiger partial charge >= 0.3 is 0 Å². The minimum atomic E-state index is -0.310. The fraction of sp³-hybridized carbons (Fsp3) is 0.357. The second-order valence-electron chi connectivity index (χ2n) is 5.45. The van der Waals surface area contributed by atoms with Crippen LogP contribution in [0.2, 0.25) is 0 Å². The van der Waals surface area contributed by atoms with Crippen molar-refractivity contribution in [1.82, 2.24) is 10.3 Å². The van der Waals surface area contributed by atoms with Crippen LogP contribution in [0.3, 0.4) is 0 Å². The molecule has 100 valence electrons. The molecule has 0 aliphatic carbocycles. The van der Waals surface area contributed by atoms with Crippen LogP contribution in [-0.4, -0.2) is 16.2 Å². The summed E-state index contributed by atoms with van der Waals surface area (Å²) in [6.07, 6.45) is 0. The molecular formula is C14H17N3O2. The summed E-state index contributed by atoms with van der Waals surface area (Å²) in [5.74, 6) is -0.310. The van der Waals surface area contributed by atoms with Crippen molar-refractivity contribution in [2.45, 2.75) is 33.1 Å². The Bertz CT molecular complexity index is 597. The number of nitrogens with zero attached hydrogens (tertiary/aromatic N) is 2. The van der Waals surface area contributed by atoms with Crippen LogP contribution in [0.25, 0.3) is 0 Å². The summed E-state index contributed by atoms with van der Waals surface area (Å²) in [6.45, 7) is 7.98. The molecule has 0 spiro atoms. The second kappa shape index (κ2) is 4.84. The number of benzene rings is 1. The highest BCUT2D eigenvalue weighted by atomic mass is 16.6. The average Bonchev–Trinajstić information content (AvgIpc) is 2.75. The van der Waals surface area contributed by atoms with Gasteiger partial charge in [-0.15, -0.1) is 0 Å². The van der Waals surface area contributed by atoms with Crippen molar-refractivity contribution in [2.24, 2.45) is 0 Å². The van der Waals surface area contributed by atoms with Crippen LogP contribution in [0, 0.1) is 6.92 Å². The Hall–Kier alpha value is -2.17. The number of aromatic nitrogens is 2. The molecule has 5 nitrogen and oxygen atoms in total. The molecule has 0 fully saturated rings. The molecule has 0 bridgehead atoms. The van der Waals surface area contributed by atoms with Crippen LogP contribution in [0.15, 0.2) is 28.9 Å². The zero-order valence-electron chi connectivity index (χ0n) is 11.5. The fourth-order valence-corrected chi connectivity index (χ4v) is 1.87. The van der Waals surface area contributed by atoms with Crippen molar-refractivity contribution in [3.63, 3.8) is 0 Å². The molecule has 1 aromatic heterocycles. The van der Waals surface area contributed by atoms with Crippen molar-refractivity contribution < 1.29 is 9.42 Å². The third-order valence-corrected chi connectivity index (χ3v) is 2.85. The Morgan fingerprint density at radius 2 is 1.89 bits per heavy atom. The number of amides is 1. The van der Waals surface area contributed by atoms with Gasteiger partial charge in [0.1, 0.15) is 5.69 Å². The van der Waals surface area contributed by atoms with E-state index in [9.17, 15) is 4.79 Å². The van der Waals surface area contributed by atoms with Gasteiger partial charge in [0.2, 0.25) is 0 Å². The Labute approximate surface area is 112 Å². The van der Waals surface area contributed by atoms with Crippen LogP contribution in [0.1, 0.15) is 42.5 Å². The van der Waals surface area contributed by atoms with E-state index in [1.807, 2.05) is 24.3 Å². The maximum atomic E-state index is 12.1. The number of carbonyl (C=O) groups excluding carboxylic acids is 1. The molecule has 0 radical (unpaired) electrons. The molecule has 0 aliphatic rings. The van der Waals surface area contributed by atoms with Gasteiger partial charge in [0.05, 0.1) is 0 Å². The molecule has 2 rings (SSSR count). The summed E-state index contributed by atoms with van der Waals surface area (Å²) in [4.78, 5) is 12.1. The summed E-state index contributed by atoms with van der Waals surface area (Å²) in [5, 5.41) is 10.1. The van der Waals surface area contributed by atoms with Crippen molar-refractivity contribution in [3.05, 3.63) is 41.2 Å². The van der Waals surface area contributed by atoms with Crippen LogP contribution in [0.4, 0.5) is 5.69 Å². The summed E-state index contributed by atoms with van der Waals surface area (Å²) >= 11 is 0. The lowest BCUT2D eigenvalue weighted by molar-refractivity contribution is 0.101. The molecular weight excluding hydrogens is 242 g/mol. The molecule has 19 heavy (non-hydrogen) atoms. The highest BCUT2D eigenvalue weighted by Gasteiger charge is 2.21. The summed E-state index contributed by atoms with van der Waals surface area (Å²) < 4.78 is 4.54. The number of hydrogen-bond donors (Lipinski definition) is 1. The highest BCUT2D eigenvalue weighted by molar-refractivity contribution is 6.03. The lowest BCUT2D eigenvalue weighted by Crippen LogP contribution is -2.19. The summed E-state index contributed by atoms with van der Waals surface area (Å²) in [6, 6.07) is 7.72. The maximum Gasteiger partial charge on any atom is 0.279 e. The molecule has 1 heterocycles. The number of nitrogens with one attached hydrogen (secondary N) is 1. The third kappa shape index (κ3) is 2.81. The lowest BCUT2D eigenvalue weighted by Gasteiger charge is -2.22. The van der Waals surface area contributed by atoms with Crippen LogP contribution in [0.5, 0.6) is 0 Å². The SMILES string of the molecule is Cc1nonc1C(=O)Nc1ccccc1C(C)(C)C. The van der Waals surface area contributed by atoms with E-state index in [-0.39, 0.29) is 17.0 Å². The number of hydrogen-bond acceptors (Lipinski definition) is 4. The van der Waals surface area contributed by atoms with Crippen molar-refractivity contribution in [1.29, 1.82) is 0 Å². The minimum Gasteiger partial charge on any atom is -0.320 e. The topological polar surface area (TPSA) is 68.0 Å². The van der Waals surface area contributed by atoms with Gasteiger partial charge in [0.25, 0.3) is 5.91 Å². The first-order valence-corrected chi connectivity index (χ1v) is 6.09. The maximum absolute atomic E-state index is 12.1. The number of rotatable bonds is 2. The zero-order chi connectivity index (χ0) is 14.0. The average molecular weight is 259 g/mol. The Morgan fingerprint density at radius 3 is 2.47 bits per heavy atom. The Kier molecular flexibility index (Phi) is 3.38. The molecule has 0 aliphatic heterocycles. The molecule has 5 heteroatoms. The van der Waals surface area contributed by atoms with Crippen molar-refractivity contribution in [3.8, 4) is 0 Å². The molecule has 1 aromatic carbocycles. The smallest absolute Gasteiger partial charge is 0.279 e. The quantitative estimate of drug-likeness (QED) is 0.900. The molecule has 1 amide bonds. The Morgan fingerprint density at radius 1 is 1.21 bits per heavy atom. The third-order valence-electron chi connectivity index (χ3n) is 2.85. The zero-order valence-corrected chi connectivity index (χ0v) is 11.5. The normalized spacial score (nSPS) is 11.4. The molecule has 0 atom stereocenters. The van der Waals surface area contributed by atoms with Gasteiger partial charge in [-0.2, -0.15) is 0 Å². The van der Waals surface area contributed by atoms with Gasteiger partial charge in [-0.05, 0) is 29.1 Å². The lowest BCUT2D eigenvalue weighted by atomic mass is 9.86. The van der Waals surface area contributed by atoms with E-state index in [1.54, 1.807) is 6.92 Å². The number of para-hydroxylation sites is 1. The van der Waals surface area contributed by atoms with Crippen molar-refractivity contribution in [2.75, 3.05) is 5.32 Å². The predicted octanol–water partition coefficient (Wildman–Crippen LogP) is 2.93. The molecule has 2 aromatic rings. The first-order valence-electron chi connectivity index (χ1n) is 6.09. The Balaban J connectivity index is 2.30. The van der Waals surface area contributed by atoms with Crippen LogP contribution < -0.4 is 5.32 Å². The van der Waals surface area contributed by atoms with Gasteiger partial charge < -0.3 is 5.32 Å². The van der Waals surface area contributed by atoms with Crippen LogP contribution >= 0.6 is 0 Å². The van der Waals surface area contributed by atoms with E-state index in [0.29, 0.717) is 5.69 Å². The number of anilines is 1. The van der Waals surface area contributed by atoms with Gasteiger partial charge in [-0.25, -0.2) is 4.63 Å². The summed E-state index contributed by atoms with van der Waals surface area (Å²) in [7, 11) is 0. The first kappa shape index (κ1) is 13.3. The van der Waals surface area contributed by atoms with E-state index in [0.717, 1.165) is 11.3 Å². The summed E-state index contributed by atoms with van der Waals surface area (Å²) in [5.41, 5.74) is 2.48. The standard InChI is InChI=1S/C14H17N3O2/c1-9-12(17-19-16-9)13(18)15-11-8-6-5-7-10(11)14(2,3)4/h5-8H,1-4H3,(H,15,18). The molecule has 0 saturated heterocycles. The molecule has 0 unspecified atom stereocenters. The number of aryl methyl sites for hydroxylation is 1. The minimum absolute atomic E-state index is 0.0546. The molecule has 1 N–H and O–H groups in total.